The predicted molar refractivity (Wildman–Crippen MR) is 75.2 cm³/mol. The summed E-state index contributed by atoms with van der Waals surface area (Å²) in [6.07, 6.45) is 3.60. The molecule has 1 aliphatic heterocycles. The highest BCUT2D eigenvalue weighted by molar-refractivity contribution is 5.37. The first-order valence-corrected chi connectivity index (χ1v) is 7.34. The van der Waals surface area contributed by atoms with Crippen LogP contribution in [0.3, 0.4) is 0 Å². The van der Waals surface area contributed by atoms with Crippen LogP contribution in [0.1, 0.15) is 30.4 Å². The summed E-state index contributed by atoms with van der Waals surface area (Å²) < 4.78 is 13.4. The van der Waals surface area contributed by atoms with Gasteiger partial charge in [-0.25, -0.2) is 4.39 Å². The minimum absolute atomic E-state index is 0.271. The van der Waals surface area contributed by atoms with Crippen molar-refractivity contribution in [1.29, 1.82) is 5.26 Å². The highest BCUT2D eigenvalue weighted by Gasteiger charge is 2.38. The molecule has 2 fully saturated rings. The molecule has 0 aromatic heterocycles. The second-order valence-corrected chi connectivity index (χ2v) is 6.13. The van der Waals surface area contributed by atoms with Crippen LogP contribution in [0.15, 0.2) is 18.2 Å². The van der Waals surface area contributed by atoms with Gasteiger partial charge in [-0.15, -0.1) is 0 Å². The third-order valence-corrected chi connectivity index (χ3v) is 4.81. The van der Waals surface area contributed by atoms with Crippen molar-refractivity contribution in [3.8, 4) is 6.07 Å². The van der Waals surface area contributed by atoms with Gasteiger partial charge in [0.15, 0.2) is 0 Å². The molecule has 0 radical (unpaired) electrons. The molecule has 0 spiro atoms. The summed E-state index contributed by atoms with van der Waals surface area (Å²) in [5.41, 5.74) is 7.58. The van der Waals surface area contributed by atoms with Crippen LogP contribution in [0.2, 0.25) is 0 Å². The zero-order valence-corrected chi connectivity index (χ0v) is 11.6. The van der Waals surface area contributed by atoms with Gasteiger partial charge in [-0.2, -0.15) is 5.26 Å². The molecule has 2 N–H and O–H groups in total. The summed E-state index contributed by atoms with van der Waals surface area (Å²) in [7, 11) is 0. The number of fused-ring (bicyclic) bond motifs is 1. The number of hydrogen-bond acceptors (Lipinski definition) is 3. The van der Waals surface area contributed by atoms with E-state index in [9.17, 15) is 4.39 Å². The van der Waals surface area contributed by atoms with Gasteiger partial charge in [-0.05, 0) is 48.4 Å². The molecule has 3 nitrogen and oxygen atoms in total. The molecular formula is C16H20FN3. The number of hydrogen-bond donors (Lipinski definition) is 1. The summed E-state index contributed by atoms with van der Waals surface area (Å²) in [4.78, 5) is 2.33. The van der Waals surface area contributed by atoms with Crippen molar-refractivity contribution in [2.75, 3.05) is 13.1 Å². The van der Waals surface area contributed by atoms with Gasteiger partial charge in [0.05, 0.1) is 11.6 Å². The fourth-order valence-electron chi connectivity index (χ4n) is 3.78. The van der Waals surface area contributed by atoms with Gasteiger partial charge in [0.1, 0.15) is 5.82 Å². The summed E-state index contributed by atoms with van der Waals surface area (Å²) >= 11 is 0. The van der Waals surface area contributed by atoms with Crippen LogP contribution < -0.4 is 5.73 Å². The lowest BCUT2D eigenvalue weighted by Gasteiger charge is -2.29. The first kappa shape index (κ1) is 13.5. The molecule has 1 aromatic carbocycles. The lowest BCUT2D eigenvalue weighted by atomic mass is 9.78. The Bertz CT molecular complexity index is 537. The number of nitriles is 1. The van der Waals surface area contributed by atoms with E-state index in [1.165, 1.54) is 25.0 Å². The number of likely N-dealkylation sites (tertiary alicyclic amines) is 1. The Morgan fingerprint density at radius 3 is 2.95 bits per heavy atom. The molecule has 1 saturated carbocycles. The Labute approximate surface area is 119 Å². The smallest absolute Gasteiger partial charge is 0.123 e. The van der Waals surface area contributed by atoms with Crippen LogP contribution >= 0.6 is 0 Å². The predicted octanol–water partition coefficient (Wildman–Crippen LogP) is 2.26. The van der Waals surface area contributed by atoms with E-state index in [1.807, 2.05) is 0 Å². The molecule has 106 valence electrons. The minimum atomic E-state index is -0.271. The van der Waals surface area contributed by atoms with E-state index in [2.05, 4.69) is 11.0 Å². The number of benzene rings is 1. The Kier molecular flexibility index (Phi) is 3.73. The SMILES string of the molecule is N#Cc1ccc(F)cc1CN1CC2CCCC(N)C2C1. The molecule has 1 aromatic rings. The molecule has 4 heteroatoms. The van der Waals surface area contributed by atoms with Crippen molar-refractivity contribution in [3.05, 3.63) is 35.1 Å². The van der Waals surface area contributed by atoms with E-state index in [0.29, 0.717) is 30.0 Å². The summed E-state index contributed by atoms with van der Waals surface area (Å²) in [5.74, 6) is 0.980. The highest BCUT2D eigenvalue weighted by Crippen LogP contribution is 2.36. The minimum Gasteiger partial charge on any atom is -0.327 e. The van der Waals surface area contributed by atoms with Crippen molar-refractivity contribution in [2.24, 2.45) is 17.6 Å². The monoisotopic (exact) mass is 273 g/mol. The van der Waals surface area contributed by atoms with Crippen LogP contribution in [0, 0.1) is 29.0 Å². The molecule has 2 aliphatic rings. The van der Waals surface area contributed by atoms with Crippen molar-refractivity contribution >= 4 is 0 Å². The Hall–Kier alpha value is -1.44. The van der Waals surface area contributed by atoms with Gasteiger partial charge in [-0.1, -0.05) is 6.42 Å². The molecular weight excluding hydrogens is 253 g/mol. The van der Waals surface area contributed by atoms with Crippen molar-refractivity contribution < 1.29 is 4.39 Å². The van der Waals surface area contributed by atoms with Gasteiger partial charge in [-0.3, -0.25) is 4.90 Å². The lowest BCUT2D eigenvalue weighted by molar-refractivity contribution is 0.259. The fourth-order valence-corrected chi connectivity index (χ4v) is 3.78. The summed E-state index contributed by atoms with van der Waals surface area (Å²) in [6.45, 7) is 2.66. The van der Waals surface area contributed by atoms with Crippen molar-refractivity contribution in [2.45, 2.75) is 31.8 Å². The maximum absolute atomic E-state index is 13.4. The first-order chi connectivity index (χ1) is 9.67. The first-order valence-electron chi connectivity index (χ1n) is 7.34. The molecule has 1 saturated heterocycles. The average molecular weight is 273 g/mol. The molecule has 3 atom stereocenters. The van der Waals surface area contributed by atoms with Crippen LogP contribution in [0.25, 0.3) is 0 Å². The van der Waals surface area contributed by atoms with Crippen molar-refractivity contribution in [1.82, 2.24) is 4.90 Å². The third-order valence-electron chi connectivity index (χ3n) is 4.81. The number of halogens is 1. The van der Waals surface area contributed by atoms with Gasteiger partial charge in [0, 0.05) is 25.7 Å². The van der Waals surface area contributed by atoms with Crippen LogP contribution in [-0.2, 0) is 6.54 Å². The summed E-state index contributed by atoms with van der Waals surface area (Å²) in [5, 5.41) is 9.12. The Morgan fingerprint density at radius 2 is 2.20 bits per heavy atom. The van der Waals surface area contributed by atoms with Crippen LogP contribution in [0.5, 0.6) is 0 Å². The van der Waals surface area contributed by atoms with E-state index < -0.39 is 0 Å². The molecule has 1 heterocycles. The standard InChI is InChI=1S/C16H20FN3/c17-14-5-4-11(7-18)13(6-14)9-20-8-12-2-1-3-16(19)15(12)10-20/h4-6,12,15-16H,1-3,8-10,19H2. The zero-order chi connectivity index (χ0) is 14.1. The third kappa shape index (κ3) is 2.56. The maximum Gasteiger partial charge on any atom is 0.123 e. The van der Waals surface area contributed by atoms with E-state index in [-0.39, 0.29) is 5.82 Å². The fraction of sp³-hybridized carbons (Fsp3) is 0.562. The largest absolute Gasteiger partial charge is 0.327 e. The quantitative estimate of drug-likeness (QED) is 0.899. The van der Waals surface area contributed by atoms with Gasteiger partial charge in [0.25, 0.3) is 0 Å². The van der Waals surface area contributed by atoms with E-state index in [1.54, 1.807) is 6.07 Å². The average Bonchev–Trinajstić information content (AvgIpc) is 2.83. The van der Waals surface area contributed by atoms with Crippen LogP contribution in [-0.4, -0.2) is 24.0 Å². The molecule has 3 unspecified atom stereocenters. The normalized spacial score (nSPS) is 29.9. The number of rotatable bonds is 2. The molecule has 20 heavy (non-hydrogen) atoms. The van der Waals surface area contributed by atoms with E-state index in [0.717, 1.165) is 25.1 Å². The second kappa shape index (κ2) is 5.51. The zero-order valence-electron chi connectivity index (χ0n) is 11.6. The Balaban J connectivity index is 1.73. The second-order valence-electron chi connectivity index (χ2n) is 6.13. The number of nitrogens with zero attached hydrogens (tertiary/aromatic N) is 2. The van der Waals surface area contributed by atoms with Crippen LogP contribution in [0.4, 0.5) is 4.39 Å². The molecule has 0 amide bonds. The van der Waals surface area contributed by atoms with Gasteiger partial charge in [0.2, 0.25) is 0 Å². The number of nitrogens with two attached hydrogens (primary N) is 1. The molecule has 0 bridgehead atoms. The highest BCUT2D eigenvalue weighted by atomic mass is 19.1. The summed E-state index contributed by atoms with van der Waals surface area (Å²) in [6, 6.07) is 6.86. The van der Waals surface area contributed by atoms with Gasteiger partial charge >= 0.3 is 0 Å². The maximum atomic E-state index is 13.4. The van der Waals surface area contributed by atoms with Gasteiger partial charge < -0.3 is 5.73 Å². The topological polar surface area (TPSA) is 53.0 Å². The molecule has 1 aliphatic carbocycles. The Morgan fingerprint density at radius 1 is 1.35 bits per heavy atom. The lowest BCUT2D eigenvalue weighted by Crippen LogP contribution is -2.38. The van der Waals surface area contributed by atoms with E-state index >= 15 is 0 Å². The molecule has 3 rings (SSSR count). The van der Waals surface area contributed by atoms with E-state index in [4.69, 9.17) is 11.0 Å². The van der Waals surface area contributed by atoms with Crippen molar-refractivity contribution in [3.63, 3.8) is 0 Å².